The minimum atomic E-state index is -0.246. The number of carbonyl (C=O) groups is 1. The standard InChI is InChI=1S/C20H18ClN5OS/c1-11(2)26-18-13(9-22-26)8-15(12(3)23-18)19(27)25-20-24-17(10-28-20)14-6-4-5-7-16(14)21/h4-11H,1-3H3,(H,24,25,27). The summed E-state index contributed by atoms with van der Waals surface area (Å²) >= 11 is 7.59. The molecule has 1 aromatic carbocycles. The van der Waals surface area contributed by atoms with Crippen molar-refractivity contribution in [2.45, 2.75) is 26.8 Å². The van der Waals surface area contributed by atoms with E-state index in [9.17, 15) is 4.79 Å². The number of nitrogens with one attached hydrogen (secondary N) is 1. The maximum atomic E-state index is 12.8. The maximum absolute atomic E-state index is 12.8. The summed E-state index contributed by atoms with van der Waals surface area (Å²) in [6.45, 7) is 5.91. The van der Waals surface area contributed by atoms with Crippen LogP contribution in [0.4, 0.5) is 5.13 Å². The lowest BCUT2D eigenvalue weighted by molar-refractivity contribution is 0.102. The molecule has 1 amide bonds. The highest BCUT2D eigenvalue weighted by molar-refractivity contribution is 7.14. The maximum Gasteiger partial charge on any atom is 0.259 e. The van der Waals surface area contributed by atoms with Gasteiger partial charge in [0.1, 0.15) is 0 Å². The smallest absolute Gasteiger partial charge is 0.259 e. The first-order chi connectivity index (χ1) is 13.4. The van der Waals surface area contributed by atoms with Gasteiger partial charge in [-0.3, -0.25) is 10.1 Å². The van der Waals surface area contributed by atoms with E-state index in [1.807, 2.05) is 61.2 Å². The summed E-state index contributed by atoms with van der Waals surface area (Å²) in [6, 6.07) is 9.51. The van der Waals surface area contributed by atoms with Gasteiger partial charge >= 0.3 is 0 Å². The number of hydrogen-bond acceptors (Lipinski definition) is 5. The number of hydrogen-bond donors (Lipinski definition) is 1. The number of rotatable bonds is 4. The van der Waals surface area contributed by atoms with E-state index in [1.165, 1.54) is 11.3 Å². The van der Waals surface area contributed by atoms with E-state index in [1.54, 1.807) is 6.20 Å². The second-order valence-electron chi connectivity index (χ2n) is 6.69. The number of pyridine rings is 1. The molecule has 4 aromatic rings. The first kappa shape index (κ1) is 18.6. The van der Waals surface area contributed by atoms with Crippen LogP contribution in [0, 0.1) is 6.92 Å². The monoisotopic (exact) mass is 411 g/mol. The van der Waals surface area contributed by atoms with Gasteiger partial charge in [-0.1, -0.05) is 29.8 Å². The van der Waals surface area contributed by atoms with Gasteiger partial charge < -0.3 is 0 Å². The Bertz CT molecular complexity index is 1180. The third kappa shape index (κ3) is 3.39. The van der Waals surface area contributed by atoms with Crippen LogP contribution in [-0.4, -0.2) is 25.7 Å². The van der Waals surface area contributed by atoms with Crippen molar-refractivity contribution in [3.63, 3.8) is 0 Å². The quantitative estimate of drug-likeness (QED) is 0.491. The molecule has 0 aliphatic heterocycles. The number of aryl methyl sites for hydroxylation is 1. The Kier molecular flexibility index (Phi) is 4.87. The number of amides is 1. The van der Waals surface area contributed by atoms with Crippen molar-refractivity contribution < 1.29 is 4.79 Å². The molecule has 0 bridgehead atoms. The van der Waals surface area contributed by atoms with Gasteiger partial charge in [-0.15, -0.1) is 11.3 Å². The molecule has 0 atom stereocenters. The zero-order valence-electron chi connectivity index (χ0n) is 15.6. The molecule has 0 radical (unpaired) electrons. The Labute approximate surface area is 171 Å². The van der Waals surface area contributed by atoms with Gasteiger partial charge in [-0.05, 0) is 32.9 Å². The van der Waals surface area contributed by atoms with Crippen LogP contribution in [0.1, 0.15) is 35.9 Å². The SMILES string of the molecule is Cc1nc2c(cnn2C(C)C)cc1C(=O)Nc1nc(-c2ccccc2Cl)cs1. The lowest BCUT2D eigenvalue weighted by Gasteiger charge is -2.09. The average Bonchev–Trinajstić information content (AvgIpc) is 3.28. The number of anilines is 1. The molecule has 28 heavy (non-hydrogen) atoms. The van der Waals surface area contributed by atoms with E-state index in [2.05, 4.69) is 20.4 Å². The van der Waals surface area contributed by atoms with Gasteiger partial charge in [-0.25, -0.2) is 14.6 Å². The molecule has 142 valence electrons. The van der Waals surface area contributed by atoms with E-state index in [4.69, 9.17) is 11.6 Å². The summed E-state index contributed by atoms with van der Waals surface area (Å²) in [5.41, 5.74) is 3.50. The molecule has 0 aliphatic carbocycles. The Morgan fingerprint density at radius 3 is 2.79 bits per heavy atom. The summed E-state index contributed by atoms with van der Waals surface area (Å²) in [5, 5.41) is 11.1. The second kappa shape index (κ2) is 7.33. The summed E-state index contributed by atoms with van der Waals surface area (Å²) in [5.74, 6) is -0.246. The molecule has 3 aromatic heterocycles. The highest BCUT2D eigenvalue weighted by Gasteiger charge is 2.17. The molecular formula is C20H18ClN5OS. The summed E-state index contributed by atoms with van der Waals surface area (Å²) in [4.78, 5) is 21.9. The van der Waals surface area contributed by atoms with Crippen LogP contribution in [0.5, 0.6) is 0 Å². The molecule has 0 spiro atoms. The van der Waals surface area contributed by atoms with Crippen molar-refractivity contribution in [3.05, 3.63) is 58.2 Å². The normalized spacial score (nSPS) is 11.3. The van der Waals surface area contributed by atoms with Crippen LogP contribution in [-0.2, 0) is 0 Å². The van der Waals surface area contributed by atoms with Gasteiger partial charge in [0.25, 0.3) is 5.91 Å². The Morgan fingerprint density at radius 2 is 2.04 bits per heavy atom. The van der Waals surface area contributed by atoms with Gasteiger partial charge in [0.2, 0.25) is 0 Å². The topological polar surface area (TPSA) is 72.7 Å². The zero-order valence-corrected chi connectivity index (χ0v) is 17.2. The van der Waals surface area contributed by atoms with Crippen molar-refractivity contribution in [1.29, 1.82) is 0 Å². The predicted octanol–water partition coefficient (Wildman–Crippen LogP) is 5.35. The van der Waals surface area contributed by atoms with Crippen molar-refractivity contribution in [3.8, 4) is 11.3 Å². The van der Waals surface area contributed by atoms with Gasteiger partial charge in [0.15, 0.2) is 10.8 Å². The van der Waals surface area contributed by atoms with Crippen LogP contribution in [0.3, 0.4) is 0 Å². The largest absolute Gasteiger partial charge is 0.298 e. The molecule has 6 nitrogen and oxygen atoms in total. The number of nitrogens with zero attached hydrogens (tertiary/aromatic N) is 4. The van der Waals surface area contributed by atoms with Crippen molar-refractivity contribution in [1.82, 2.24) is 19.7 Å². The minimum Gasteiger partial charge on any atom is -0.298 e. The first-order valence-corrected chi connectivity index (χ1v) is 10.1. The summed E-state index contributed by atoms with van der Waals surface area (Å²) < 4.78 is 1.85. The first-order valence-electron chi connectivity index (χ1n) is 8.80. The van der Waals surface area contributed by atoms with Crippen molar-refractivity contribution in [2.24, 2.45) is 0 Å². The van der Waals surface area contributed by atoms with Crippen LogP contribution >= 0.6 is 22.9 Å². The number of halogens is 1. The molecule has 0 saturated carbocycles. The van der Waals surface area contributed by atoms with Crippen LogP contribution in [0.15, 0.2) is 41.9 Å². The molecule has 4 rings (SSSR count). The third-order valence-corrected chi connectivity index (χ3v) is 5.46. The van der Waals surface area contributed by atoms with E-state index < -0.39 is 0 Å². The Morgan fingerprint density at radius 1 is 1.25 bits per heavy atom. The molecule has 3 heterocycles. The molecule has 0 unspecified atom stereocenters. The van der Waals surface area contributed by atoms with E-state index >= 15 is 0 Å². The van der Waals surface area contributed by atoms with Gasteiger partial charge in [0, 0.05) is 27.4 Å². The highest BCUT2D eigenvalue weighted by Crippen LogP contribution is 2.30. The lowest BCUT2D eigenvalue weighted by Crippen LogP contribution is -2.14. The predicted molar refractivity (Wildman–Crippen MR) is 113 cm³/mol. The fraction of sp³-hybridized carbons (Fsp3) is 0.200. The number of benzene rings is 1. The molecule has 0 saturated heterocycles. The summed E-state index contributed by atoms with van der Waals surface area (Å²) in [7, 11) is 0. The second-order valence-corrected chi connectivity index (χ2v) is 7.95. The van der Waals surface area contributed by atoms with Gasteiger partial charge in [-0.2, -0.15) is 5.10 Å². The van der Waals surface area contributed by atoms with Crippen LogP contribution in [0.25, 0.3) is 22.3 Å². The third-order valence-electron chi connectivity index (χ3n) is 4.37. The Hall–Kier alpha value is -2.77. The van der Waals surface area contributed by atoms with Crippen LogP contribution in [0.2, 0.25) is 5.02 Å². The lowest BCUT2D eigenvalue weighted by atomic mass is 10.1. The number of carbonyl (C=O) groups excluding carboxylic acids is 1. The van der Waals surface area contributed by atoms with Crippen molar-refractivity contribution in [2.75, 3.05) is 5.32 Å². The Balaban J connectivity index is 1.61. The van der Waals surface area contributed by atoms with E-state index in [-0.39, 0.29) is 11.9 Å². The minimum absolute atomic E-state index is 0.197. The number of aromatic nitrogens is 4. The molecule has 0 aliphatic rings. The molecular weight excluding hydrogens is 394 g/mol. The summed E-state index contributed by atoms with van der Waals surface area (Å²) in [6.07, 6.45) is 1.73. The number of fused-ring (bicyclic) bond motifs is 1. The van der Waals surface area contributed by atoms with E-state index in [0.29, 0.717) is 21.4 Å². The molecule has 1 N–H and O–H groups in total. The molecule has 8 heteroatoms. The van der Waals surface area contributed by atoms with E-state index in [0.717, 1.165) is 22.3 Å². The van der Waals surface area contributed by atoms with Crippen LogP contribution < -0.4 is 5.32 Å². The highest BCUT2D eigenvalue weighted by atomic mass is 35.5. The van der Waals surface area contributed by atoms with Crippen molar-refractivity contribution >= 4 is 45.0 Å². The zero-order chi connectivity index (χ0) is 19.8. The average molecular weight is 412 g/mol. The molecule has 0 fully saturated rings. The number of thiazole rings is 1. The van der Waals surface area contributed by atoms with Gasteiger partial charge in [0.05, 0.1) is 23.1 Å². The fourth-order valence-corrected chi connectivity index (χ4v) is 3.90. The fourth-order valence-electron chi connectivity index (χ4n) is 2.96.